The number of amides is 1. The van der Waals surface area contributed by atoms with Crippen LogP contribution in [0.5, 0.6) is 0 Å². The Morgan fingerprint density at radius 2 is 1.81 bits per heavy atom. The van der Waals surface area contributed by atoms with Crippen molar-refractivity contribution >= 4 is 17.4 Å². The summed E-state index contributed by atoms with van der Waals surface area (Å²) in [6.45, 7) is 4.52. The molecule has 1 N–H and O–H groups in total. The minimum atomic E-state index is -2.68. The van der Waals surface area contributed by atoms with Gasteiger partial charge in [-0.15, -0.1) is 0 Å². The summed E-state index contributed by atoms with van der Waals surface area (Å²) in [5.41, 5.74) is 4.82. The highest BCUT2D eigenvalue weighted by Gasteiger charge is 2.33. The monoisotopic (exact) mass is 435 g/mol. The Morgan fingerprint density at radius 1 is 1.03 bits per heavy atom. The molecule has 2 heterocycles. The van der Waals surface area contributed by atoms with Crippen molar-refractivity contribution in [1.82, 2.24) is 4.98 Å². The van der Waals surface area contributed by atoms with E-state index in [2.05, 4.69) is 16.4 Å². The van der Waals surface area contributed by atoms with Crippen molar-refractivity contribution in [2.45, 2.75) is 39.0 Å². The number of aromatic nitrogens is 1. The van der Waals surface area contributed by atoms with E-state index in [1.165, 1.54) is 0 Å². The van der Waals surface area contributed by atoms with E-state index in [1.54, 1.807) is 6.20 Å². The Hall–Kier alpha value is -3.28. The molecule has 2 aromatic carbocycles. The van der Waals surface area contributed by atoms with Gasteiger partial charge in [-0.1, -0.05) is 48.0 Å². The van der Waals surface area contributed by atoms with Crippen molar-refractivity contribution in [3.8, 4) is 11.1 Å². The summed E-state index contributed by atoms with van der Waals surface area (Å²) in [6.07, 6.45) is 1.72. The lowest BCUT2D eigenvalue weighted by atomic mass is 9.96. The topological polar surface area (TPSA) is 45.2 Å². The summed E-state index contributed by atoms with van der Waals surface area (Å²) in [5, 5.41) is 2.95. The summed E-state index contributed by atoms with van der Waals surface area (Å²) in [6, 6.07) is 17.2. The zero-order valence-corrected chi connectivity index (χ0v) is 18.4. The molecule has 1 saturated heterocycles. The highest BCUT2D eigenvalue weighted by atomic mass is 19.3. The third-order valence-corrected chi connectivity index (χ3v) is 5.92. The molecule has 4 nitrogen and oxygen atoms in total. The minimum Gasteiger partial charge on any atom is -0.356 e. The van der Waals surface area contributed by atoms with Crippen LogP contribution in [0.2, 0.25) is 0 Å². The average molecular weight is 436 g/mol. The van der Waals surface area contributed by atoms with Gasteiger partial charge in [-0.2, -0.15) is 0 Å². The number of carbonyl (C=O) groups is 1. The molecule has 1 aromatic heterocycles. The molecule has 1 aliphatic heterocycles. The van der Waals surface area contributed by atoms with Gasteiger partial charge in [0.2, 0.25) is 5.92 Å². The zero-order valence-electron chi connectivity index (χ0n) is 18.4. The average Bonchev–Trinajstić information content (AvgIpc) is 2.94. The molecule has 0 saturated carbocycles. The van der Waals surface area contributed by atoms with Gasteiger partial charge in [-0.3, -0.25) is 4.79 Å². The van der Waals surface area contributed by atoms with Gasteiger partial charge in [0.15, 0.2) is 0 Å². The van der Waals surface area contributed by atoms with Crippen LogP contribution in [-0.2, 0) is 0 Å². The van der Waals surface area contributed by atoms with Crippen LogP contribution in [0.3, 0.4) is 0 Å². The molecule has 0 spiro atoms. The highest BCUT2D eigenvalue weighted by Crippen LogP contribution is 2.34. The second-order valence-corrected chi connectivity index (χ2v) is 8.38. The SMILES string of the molecule is Cc1cccc(-c2cnc(N3CCCC(F)(F)CC3)c(C(=O)Nc3ccccc3)c2C)c1. The van der Waals surface area contributed by atoms with Gasteiger partial charge in [0, 0.05) is 43.4 Å². The third-order valence-electron chi connectivity index (χ3n) is 5.92. The number of nitrogens with zero attached hydrogens (tertiary/aromatic N) is 2. The van der Waals surface area contributed by atoms with Crippen molar-refractivity contribution < 1.29 is 13.6 Å². The number of rotatable bonds is 4. The molecule has 1 fully saturated rings. The molecule has 32 heavy (non-hydrogen) atoms. The first-order valence-electron chi connectivity index (χ1n) is 10.9. The minimum absolute atomic E-state index is 0.143. The van der Waals surface area contributed by atoms with E-state index in [0.29, 0.717) is 30.0 Å². The lowest BCUT2D eigenvalue weighted by Gasteiger charge is -2.26. The van der Waals surface area contributed by atoms with Crippen molar-refractivity contribution in [2.24, 2.45) is 0 Å². The number of anilines is 2. The van der Waals surface area contributed by atoms with Crippen LogP contribution in [0, 0.1) is 13.8 Å². The predicted octanol–water partition coefficient (Wildman–Crippen LogP) is 6.24. The lowest BCUT2D eigenvalue weighted by Crippen LogP contribution is -2.30. The second kappa shape index (κ2) is 9.07. The van der Waals surface area contributed by atoms with Gasteiger partial charge in [0.25, 0.3) is 5.91 Å². The molecule has 6 heteroatoms. The molecule has 3 aromatic rings. The molecule has 4 rings (SSSR count). The van der Waals surface area contributed by atoms with E-state index >= 15 is 0 Å². The lowest BCUT2D eigenvalue weighted by molar-refractivity contribution is -0.0102. The number of pyridine rings is 1. The normalized spacial score (nSPS) is 15.8. The van der Waals surface area contributed by atoms with E-state index in [4.69, 9.17) is 0 Å². The van der Waals surface area contributed by atoms with E-state index in [9.17, 15) is 13.6 Å². The Kier molecular flexibility index (Phi) is 6.21. The van der Waals surface area contributed by atoms with E-state index < -0.39 is 5.92 Å². The fourth-order valence-electron chi connectivity index (χ4n) is 4.20. The van der Waals surface area contributed by atoms with Crippen LogP contribution in [-0.4, -0.2) is 29.9 Å². The maximum absolute atomic E-state index is 14.0. The summed E-state index contributed by atoms with van der Waals surface area (Å²) in [4.78, 5) is 19.9. The summed E-state index contributed by atoms with van der Waals surface area (Å²) in [7, 11) is 0. The number of hydrogen-bond donors (Lipinski definition) is 1. The maximum atomic E-state index is 14.0. The van der Waals surface area contributed by atoms with Gasteiger partial charge in [0.1, 0.15) is 5.82 Å². The van der Waals surface area contributed by atoms with Gasteiger partial charge in [0.05, 0.1) is 5.56 Å². The Balaban J connectivity index is 1.78. The van der Waals surface area contributed by atoms with Crippen molar-refractivity contribution in [2.75, 3.05) is 23.3 Å². The molecule has 0 bridgehead atoms. The second-order valence-electron chi connectivity index (χ2n) is 8.38. The highest BCUT2D eigenvalue weighted by molar-refractivity contribution is 6.09. The summed E-state index contributed by atoms with van der Waals surface area (Å²) >= 11 is 0. The fraction of sp³-hybridized carbons (Fsp3) is 0.308. The number of benzene rings is 2. The van der Waals surface area contributed by atoms with E-state index in [-0.39, 0.29) is 25.3 Å². The smallest absolute Gasteiger partial charge is 0.259 e. The number of nitrogens with one attached hydrogen (secondary N) is 1. The molecular weight excluding hydrogens is 408 g/mol. The van der Waals surface area contributed by atoms with E-state index in [1.807, 2.05) is 67.3 Å². The van der Waals surface area contributed by atoms with Gasteiger partial charge in [-0.25, -0.2) is 13.8 Å². The summed E-state index contributed by atoms with van der Waals surface area (Å²) < 4.78 is 28.0. The molecular formula is C26H27F2N3O. The maximum Gasteiger partial charge on any atom is 0.259 e. The van der Waals surface area contributed by atoms with E-state index in [0.717, 1.165) is 22.3 Å². The van der Waals surface area contributed by atoms with Crippen LogP contribution in [0.1, 0.15) is 40.7 Å². The molecule has 1 amide bonds. The number of aryl methyl sites for hydroxylation is 1. The first-order valence-corrected chi connectivity index (χ1v) is 10.9. The standard InChI is InChI=1S/C26H27F2N3O/c1-18-8-6-9-20(16-18)22-17-29-24(31-14-7-12-26(27,28)13-15-31)23(19(22)2)25(32)30-21-10-4-3-5-11-21/h3-6,8-11,16-17H,7,12-15H2,1-2H3,(H,30,32). The Morgan fingerprint density at radius 3 is 2.56 bits per heavy atom. The van der Waals surface area contributed by atoms with Crippen LogP contribution in [0.4, 0.5) is 20.3 Å². The van der Waals surface area contributed by atoms with Crippen molar-refractivity contribution in [1.29, 1.82) is 0 Å². The van der Waals surface area contributed by atoms with Gasteiger partial charge in [-0.05, 0) is 43.5 Å². The molecule has 1 aliphatic rings. The summed E-state index contributed by atoms with van der Waals surface area (Å²) in [5.74, 6) is -2.51. The molecule has 0 aliphatic carbocycles. The van der Waals surface area contributed by atoms with Crippen LogP contribution < -0.4 is 10.2 Å². The van der Waals surface area contributed by atoms with Crippen LogP contribution in [0.25, 0.3) is 11.1 Å². The first-order chi connectivity index (χ1) is 15.3. The number of halogens is 2. The van der Waals surface area contributed by atoms with Gasteiger partial charge < -0.3 is 10.2 Å². The quantitative estimate of drug-likeness (QED) is 0.527. The van der Waals surface area contributed by atoms with Crippen LogP contribution >= 0.6 is 0 Å². The molecule has 166 valence electrons. The predicted molar refractivity (Wildman–Crippen MR) is 125 cm³/mol. The molecule has 0 unspecified atom stereocenters. The van der Waals surface area contributed by atoms with Crippen molar-refractivity contribution in [3.63, 3.8) is 0 Å². The third kappa shape index (κ3) is 4.79. The molecule has 0 atom stereocenters. The van der Waals surface area contributed by atoms with Crippen molar-refractivity contribution in [3.05, 3.63) is 77.5 Å². The molecule has 0 radical (unpaired) electrons. The number of carbonyl (C=O) groups excluding carboxylic acids is 1. The van der Waals surface area contributed by atoms with Crippen LogP contribution in [0.15, 0.2) is 60.8 Å². The Labute approximate surface area is 187 Å². The Bertz CT molecular complexity index is 1120. The number of hydrogen-bond acceptors (Lipinski definition) is 3. The fourth-order valence-corrected chi connectivity index (χ4v) is 4.20. The first kappa shape index (κ1) is 21.9. The largest absolute Gasteiger partial charge is 0.356 e. The number of alkyl halides is 2. The number of para-hydroxylation sites is 1. The zero-order chi connectivity index (χ0) is 22.7. The van der Waals surface area contributed by atoms with Gasteiger partial charge >= 0.3 is 0 Å².